The van der Waals surface area contributed by atoms with Crippen LogP contribution in [0.15, 0.2) is 48.5 Å². The smallest absolute Gasteiger partial charge is 0.313 e. The number of terminal acetylenes is 1. The summed E-state index contributed by atoms with van der Waals surface area (Å²) in [7, 11) is 0. The van der Waals surface area contributed by atoms with Crippen LogP contribution in [0.5, 0.6) is 11.5 Å². The lowest BCUT2D eigenvalue weighted by Crippen LogP contribution is -2.35. The molecule has 0 bridgehead atoms. The molecule has 1 unspecified atom stereocenters. The zero-order valence-electron chi connectivity index (χ0n) is 15.5. The van der Waals surface area contributed by atoms with Crippen molar-refractivity contribution in [2.24, 2.45) is 5.41 Å². The average Bonchev–Trinajstić information content (AvgIpc) is 2.61. The molecule has 3 nitrogen and oxygen atoms in total. The first-order chi connectivity index (χ1) is 12.2. The number of carbonyl (C=O) groups is 1. The van der Waals surface area contributed by atoms with Crippen molar-refractivity contribution in [3.8, 4) is 23.8 Å². The van der Waals surface area contributed by atoms with Gasteiger partial charge in [-0.25, -0.2) is 4.39 Å². The van der Waals surface area contributed by atoms with E-state index in [0.717, 1.165) is 0 Å². The summed E-state index contributed by atoms with van der Waals surface area (Å²) < 4.78 is 24.3. The van der Waals surface area contributed by atoms with E-state index in [0.29, 0.717) is 23.5 Å². The van der Waals surface area contributed by atoms with Crippen LogP contribution in [-0.2, 0) is 15.1 Å². The van der Waals surface area contributed by atoms with Crippen LogP contribution in [0.1, 0.15) is 39.7 Å². The molecule has 0 aliphatic rings. The maximum absolute atomic E-state index is 13.0. The molecule has 0 N–H and O–H groups in total. The molecule has 4 heteroatoms. The van der Waals surface area contributed by atoms with Gasteiger partial charge in [0.05, 0.1) is 5.41 Å². The molecular weight excluding hydrogens is 331 g/mol. The SMILES string of the molecule is C#CC(CC)(OC(=O)C(C)(C)C)c1ccc(Oc2ccc(F)cc2)cc1. The van der Waals surface area contributed by atoms with E-state index in [1.807, 2.05) is 6.92 Å². The van der Waals surface area contributed by atoms with Gasteiger partial charge >= 0.3 is 5.97 Å². The lowest BCUT2D eigenvalue weighted by molar-refractivity contribution is -0.165. The summed E-state index contributed by atoms with van der Waals surface area (Å²) in [5, 5.41) is 0. The molecular formula is C22H23FO3. The number of halogens is 1. The normalized spacial score (nSPS) is 13.4. The zero-order chi connectivity index (χ0) is 19.4. The quantitative estimate of drug-likeness (QED) is 0.529. The van der Waals surface area contributed by atoms with Gasteiger partial charge in [0.15, 0.2) is 5.60 Å². The third-order valence-electron chi connectivity index (χ3n) is 3.98. The Morgan fingerprint density at radius 1 is 1.04 bits per heavy atom. The zero-order valence-corrected chi connectivity index (χ0v) is 15.5. The van der Waals surface area contributed by atoms with E-state index in [1.54, 1.807) is 57.2 Å². The highest BCUT2D eigenvalue weighted by Crippen LogP contribution is 2.33. The van der Waals surface area contributed by atoms with E-state index >= 15 is 0 Å². The van der Waals surface area contributed by atoms with Crippen molar-refractivity contribution in [2.75, 3.05) is 0 Å². The van der Waals surface area contributed by atoms with Crippen molar-refractivity contribution < 1.29 is 18.7 Å². The summed E-state index contributed by atoms with van der Waals surface area (Å²) in [6.45, 7) is 7.22. The summed E-state index contributed by atoms with van der Waals surface area (Å²) in [5.74, 6) is 3.05. The first-order valence-electron chi connectivity index (χ1n) is 8.45. The molecule has 2 aromatic carbocycles. The molecule has 26 heavy (non-hydrogen) atoms. The molecule has 1 atom stereocenters. The van der Waals surface area contributed by atoms with E-state index in [2.05, 4.69) is 5.92 Å². The van der Waals surface area contributed by atoms with Gasteiger partial charge in [0, 0.05) is 12.0 Å². The van der Waals surface area contributed by atoms with Crippen LogP contribution in [0.4, 0.5) is 4.39 Å². The van der Waals surface area contributed by atoms with Crippen LogP contribution in [-0.4, -0.2) is 5.97 Å². The second kappa shape index (κ2) is 7.61. The topological polar surface area (TPSA) is 35.5 Å². The van der Waals surface area contributed by atoms with Crippen molar-refractivity contribution in [1.29, 1.82) is 0 Å². The highest BCUT2D eigenvalue weighted by atomic mass is 19.1. The standard InChI is InChI=1S/C22H23FO3/c1-6-22(7-2,26-20(24)21(3,4)5)16-8-12-18(13-9-16)25-19-14-10-17(23)11-15-19/h1,8-15H,7H2,2-5H3. The highest BCUT2D eigenvalue weighted by molar-refractivity contribution is 5.76. The molecule has 0 spiro atoms. The van der Waals surface area contributed by atoms with Gasteiger partial charge in [0.2, 0.25) is 0 Å². The van der Waals surface area contributed by atoms with Crippen molar-refractivity contribution in [3.63, 3.8) is 0 Å². The molecule has 0 heterocycles. The Morgan fingerprint density at radius 2 is 1.54 bits per heavy atom. The molecule has 0 saturated carbocycles. The van der Waals surface area contributed by atoms with Gasteiger partial charge in [-0.3, -0.25) is 4.79 Å². The van der Waals surface area contributed by atoms with E-state index in [-0.39, 0.29) is 11.8 Å². The number of esters is 1. The Kier molecular flexibility index (Phi) is 5.72. The third kappa shape index (κ3) is 4.43. The Balaban J connectivity index is 2.24. The number of hydrogen-bond acceptors (Lipinski definition) is 3. The van der Waals surface area contributed by atoms with Gasteiger partial charge < -0.3 is 9.47 Å². The van der Waals surface area contributed by atoms with E-state index in [9.17, 15) is 9.18 Å². The first kappa shape index (κ1) is 19.5. The van der Waals surface area contributed by atoms with Gasteiger partial charge in [-0.05, 0) is 57.2 Å². The molecule has 0 saturated heterocycles. The minimum atomic E-state index is -1.13. The van der Waals surface area contributed by atoms with Crippen LogP contribution in [0.25, 0.3) is 0 Å². The van der Waals surface area contributed by atoms with Crippen LogP contribution in [0.3, 0.4) is 0 Å². The fourth-order valence-electron chi connectivity index (χ4n) is 2.29. The molecule has 0 radical (unpaired) electrons. The van der Waals surface area contributed by atoms with Crippen molar-refractivity contribution in [2.45, 2.75) is 39.7 Å². The molecule has 2 aromatic rings. The number of rotatable bonds is 5. The van der Waals surface area contributed by atoms with Gasteiger partial charge in [0.1, 0.15) is 17.3 Å². The molecule has 2 rings (SSSR count). The second-order valence-corrected chi connectivity index (χ2v) is 7.04. The van der Waals surface area contributed by atoms with Crippen LogP contribution in [0, 0.1) is 23.6 Å². The number of ether oxygens (including phenoxy) is 2. The summed E-state index contributed by atoms with van der Waals surface area (Å²) in [4.78, 5) is 12.3. The average molecular weight is 354 g/mol. The predicted octanol–water partition coefficient (Wildman–Crippen LogP) is 5.45. The van der Waals surface area contributed by atoms with Gasteiger partial charge in [-0.15, -0.1) is 6.42 Å². The molecule has 136 valence electrons. The van der Waals surface area contributed by atoms with E-state index < -0.39 is 11.0 Å². The second-order valence-electron chi connectivity index (χ2n) is 7.04. The van der Waals surface area contributed by atoms with Crippen LogP contribution >= 0.6 is 0 Å². The van der Waals surface area contributed by atoms with Crippen LogP contribution in [0.2, 0.25) is 0 Å². The highest BCUT2D eigenvalue weighted by Gasteiger charge is 2.36. The largest absolute Gasteiger partial charge is 0.457 e. The maximum atomic E-state index is 13.0. The first-order valence-corrected chi connectivity index (χ1v) is 8.45. The Bertz CT molecular complexity index is 795. The monoisotopic (exact) mass is 354 g/mol. The fraction of sp³-hybridized carbons (Fsp3) is 0.318. The van der Waals surface area contributed by atoms with Crippen molar-refractivity contribution in [3.05, 3.63) is 59.9 Å². The van der Waals surface area contributed by atoms with Gasteiger partial charge in [0.25, 0.3) is 0 Å². The van der Waals surface area contributed by atoms with Gasteiger partial charge in [-0.1, -0.05) is 25.0 Å². The lowest BCUT2D eigenvalue weighted by atomic mass is 9.90. The third-order valence-corrected chi connectivity index (χ3v) is 3.98. The summed E-state index contributed by atoms with van der Waals surface area (Å²) >= 11 is 0. The predicted molar refractivity (Wildman–Crippen MR) is 99.3 cm³/mol. The molecule has 0 aliphatic heterocycles. The minimum Gasteiger partial charge on any atom is -0.457 e. The molecule has 0 aliphatic carbocycles. The summed E-state index contributed by atoms with van der Waals surface area (Å²) in [6, 6.07) is 12.8. The summed E-state index contributed by atoms with van der Waals surface area (Å²) in [6.07, 6.45) is 6.17. The Morgan fingerprint density at radius 3 is 1.96 bits per heavy atom. The summed E-state index contributed by atoms with van der Waals surface area (Å²) in [5.41, 5.74) is -1.08. The van der Waals surface area contributed by atoms with E-state index in [1.165, 1.54) is 12.1 Å². The Hall–Kier alpha value is -2.80. The number of carbonyl (C=O) groups excluding carboxylic acids is 1. The van der Waals surface area contributed by atoms with Gasteiger partial charge in [-0.2, -0.15) is 0 Å². The van der Waals surface area contributed by atoms with Crippen molar-refractivity contribution in [1.82, 2.24) is 0 Å². The molecule has 0 amide bonds. The van der Waals surface area contributed by atoms with Crippen molar-refractivity contribution >= 4 is 5.97 Å². The minimum absolute atomic E-state index is 0.324. The maximum Gasteiger partial charge on any atom is 0.313 e. The molecule has 0 fully saturated rings. The number of benzene rings is 2. The fourth-order valence-corrected chi connectivity index (χ4v) is 2.29. The molecule has 0 aromatic heterocycles. The van der Waals surface area contributed by atoms with E-state index in [4.69, 9.17) is 15.9 Å². The number of hydrogen-bond donors (Lipinski definition) is 0. The lowest BCUT2D eigenvalue weighted by Gasteiger charge is -2.31. The Labute approximate surface area is 154 Å². The van der Waals surface area contributed by atoms with Crippen LogP contribution < -0.4 is 4.74 Å².